The highest BCUT2D eigenvalue weighted by atomic mass is 16.4. The molecule has 0 saturated carbocycles. The summed E-state index contributed by atoms with van der Waals surface area (Å²) in [4.78, 5) is 23.6. The third kappa shape index (κ3) is 3.55. The topological polar surface area (TPSA) is 71.3 Å². The van der Waals surface area contributed by atoms with Crippen LogP contribution in [0.5, 0.6) is 0 Å². The van der Waals surface area contributed by atoms with Crippen molar-refractivity contribution in [2.75, 3.05) is 0 Å². The van der Waals surface area contributed by atoms with Gasteiger partial charge in [0, 0.05) is 23.6 Å². The van der Waals surface area contributed by atoms with E-state index in [1.807, 2.05) is 49.0 Å². The van der Waals surface area contributed by atoms with E-state index >= 15 is 0 Å². The summed E-state index contributed by atoms with van der Waals surface area (Å²) in [7, 11) is 0. The lowest BCUT2D eigenvalue weighted by Gasteiger charge is -2.20. The number of benzene rings is 1. The van der Waals surface area contributed by atoms with Gasteiger partial charge >= 0.3 is 5.97 Å². The molecule has 2 atom stereocenters. The molecule has 22 heavy (non-hydrogen) atoms. The highest BCUT2D eigenvalue weighted by Crippen LogP contribution is 2.13. The lowest BCUT2D eigenvalue weighted by Crippen LogP contribution is -2.45. The Balaban J connectivity index is 2.19. The molecule has 1 aromatic heterocycles. The Labute approximate surface area is 129 Å². The van der Waals surface area contributed by atoms with Crippen molar-refractivity contribution in [3.63, 3.8) is 0 Å². The first-order valence-electron chi connectivity index (χ1n) is 7.30. The third-order valence-electron chi connectivity index (χ3n) is 3.78. The van der Waals surface area contributed by atoms with Gasteiger partial charge < -0.3 is 15.0 Å². The summed E-state index contributed by atoms with van der Waals surface area (Å²) >= 11 is 0. The maximum Gasteiger partial charge on any atom is 0.326 e. The quantitative estimate of drug-likeness (QED) is 0.861. The number of hydrogen-bond donors (Lipinski definition) is 2. The maximum absolute atomic E-state index is 12.3. The first-order valence-corrected chi connectivity index (χ1v) is 7.30. The van der Waals surface area contributed by atoms with Gasteiger partial charge in [0.05, 0.1) is 0 Å². The Morgan fingerprint density at radius 3 is 2.50 bits per heavy atom. The molecular formula is C17H20N2O3. The number of aromatic nitrogens is 1. The van der Waals surface area contributed by atoms with Crippen molar-refractivity contribution in [1.29, 1.82) is 0 Å². The van der Waals surface area contributed by atoms with Gasteiger partial charge in [-0.2, -0.15) is 0 Å². The zero-order chi connectivity index (χ0) is 16.1. The number of rotatable bonds is 6. The van der Waals surface area contributed by atoms with E-state index in [1.165, 1.54) is 0 Å². The molecule has 2 aromatic rings. The van der Waals surface area contributed by atoms with Crippen LogP contribution < -0.4 is 5.32 Å². The van der Waals surface area contributed by atoms with Gasteiger partial charge in [-0.1, -0.05) is 26.3 Å². The van der Waals surface area contributed by atoms with Crippen molar-refractivity contribution in [3.05, 3.63) is 54.4 Å². The number of nitrogens with one attached hydrogen (secondary N) is 1. The number of carboxylic acid groups (broad SMARTS) is 1. The van der Waals surface area contributed by atoms with Crippen LogP contribution in [0.1, 0.15) is 30.6 Å². The van der Waals surface area contributed by atoms with Crippen LogP contribution in [-0.4, -0.2) is 27.6 Å². The highest BCUT2D eigenvalue weighted by Gasteiger charge is 2.25. The molecule has 5 nitrogen and oxygen atoms in total. The predicted molar refractivity (Wildman–Crippen MR) is 84.1 cm³/mol. The van der Waals surface area contributed by atoms with Crippen LogP contribution in [-0.2, 0) is 4.79 Å². The standard InChI is InChI=1S/C17H20N2O3/c1-3-12(2)15(17(21)22)18-16(20)13-7-6-8-14(11-13)19-9-4-5-10-19/h4-12,15H,3H2,1-2H3,(H,18,20)(H,21,22)/t12-,15-/m0/s1. The van der Waals surface area contributed by atoms with Gasteiger partial charge in [0.1, 0.15) is 6.04 Å². The fraction of sp³-hybridized carbons (Fsp3) is 0.294. The zero-order valence-electron chi connectivity index (χ0n) is 12.7. The van der Waals surface area contributed by atoms with Gasteiger partial charge in [0.2, 0.25) is 0 Å². The van der Waals surface area contributed by atoms with Gasteiger partial charge in [-0.05, 0) is 36.2 Å². The summed E-state index contributed by atoms with van der Waals surface area (Å²) in [6.45, 7) is 3.72. The molecule has 0 aliphatic heterocycles. The van der Waals surface area contributed by atoms with E-state index in [1.54, 1.807) is 18.2 Å². The van der Waals surface area contributed by atoms with E-state index in [0.29, 0.717) is 12.0 Å². The molecule has 0 bridgehead atoms. The number of carbonyl (C=O) groups is 2. The van der Waals surface area contributed by atoms with Gasteiger partial charge in [-0.3, -0.25) is 4.79 Å². The molecule has 5 heteroatoms. The second-order valence-electron chi connectivity index (χ2n) is 5.32. The van der Waals surface area contributed by atoms with Crippen LogP contribution in [0.25, 0.3) is 5.69 Å². The first kappa shape index (κ1) is 15.8. The molecule has 2 N–H and O–H groups in total. The van der Waals surface area contributed by atoms with Crippen LogP contribution >= 0.6 is 0 Å². The summed E-state index contributed by atoms with van der Waals surface area (Å²) in [5.41, 5.74) is 1.30. The largest absolute Gasteiger partial charge is 0.480 e. The van der Waals surface area contributed by atoms with Crippen LogP contribution in [0.3, 0.4) is 0 Å². The Hall–Kier alpha value is -2.56. The van der Waals surface area contributed by atoms with E-state index in [9.17, 15) is 14.7 Å². The van der Waals surface area contributed by atoms with Crippen LogP contribution in [0.15, 0.2) is 48.8 Å². The summed E-state index contributed by atoms with van der Waals surface area (Å²) < 4.78 is 1.89. The number of hydrogen-bond acceptors (Lipinski definition) is 2. The highest BCUT2D eigenvalue weighted by molar-refractivity contribution is 5.97. The molecule has 1 aromatic carbocycles. The Morgan fingerprint density at radius 1 is 1.23 bits per heavy atom. The molecule has 0 spiro atoms. The van der Waals surface area contributed by atoms with Crippen molar-refractivity contribution >= 4 is 11.9 Å². The summed E-state index contributed by atoms with van der Waals surface area (Å²) in [5.74, 6) is -1.51. The summed E-state index contributed by atoms with van der Waals surface area (Å²) in [6.07, 6.45) is 4.45. The van der Waals surface area contributed by atoms with Gasteiger partial charge in [-0.15, -0.1) is 0 Å². The number of carboxylic acids is 1. The average molecular weight is 300 g/mol. The minimum atomic E-state index is -1.01. The molecular weight excluding hydrogens is 280 g/mol. The maximum atomic E-state index is 12.3. The first-order chi connectivity index (χ1) is 10.5. The van der Waals surface area contributed by atoms with E-state index in [-0.39, 0.29) is 11.8 Å². The minimum absolute atomic E-state index is 0.130. The van der Waals surface area contributed by atoms with E-state index in [0.717, 1.165) is 5.69 Å². The summed E-state index contributed by atoms with van der Waals surface area (Å²) in [5, 5.41) is 11.9. The molecule has 0 radical (unpaired) electrons. The molecule has 1 heterocycles. The fourth-order valence-corrected chi connectivity index (χ4v) is 2.22. The lowest BCUT2D eigenvalue weighted by atomic mass is 9.99. The van der Waals surface area contributed by atoms with Crippen molar-refractivity contribution in [2.24, 2.45) is 5.92 Å². The Kier molecular flexibility index (Phi) is 4.99. The predicted octanol–water partition coefficient (Wildman–Crippen LogP) is 2.71. The van der Waals surface area contributed by atoms with Gasteiger partial charge in [0.25, 0.3) is 5.91 Å². The molecule has 0 saturated heterocycles. The van der Waals surface area contributed by atoms with E-state index < -0.39 is 12.0 Å². The van der Waals surface area contributed by atoms with E-state index in [4.69, 9.17) is 0 Å². The van der Waals surface area contributed by atoms with E-state index in [2.05, 4.69) is 5.32 Å². The third-order valence-corrected chi connectivity index (χ3v) is 3.78. The van der Waals surface area contributed by atoms with Crippen molar-refractivity contribution in [2.45, 2.75) is 26.3 Å². The van der Waals surface area contributed by atoms with Crippen molar-refractivity contribution in [3.8, 4) is 5.69 Å². The number of nitrogens with zero attached hydrogens (tertiary/aromatic N) is 1. The second-order valence-corrected chi connectivity index (χ2v) is 5.32. The number of aliphatic carboxylic acids is 1. The molecule has 0 aliphatic rings. The van der Waals surface area contributed by atoms with Gasteiger partial charge in [0.15, 0.2) is 0 Å². The zero-order valence-corrected chi connectivity index (χ0v) is 12.7. The lowest BCUT2D eigenvalue weighted by molar-refractivity contribution is -0.140. The van der Waals surface area contributed by atoms with Crippen molar-refractivity contribution in [1.82, 2.24) is 9.88 Å². The Bertz CT molecular complexity index is 650. The van der Waals surface area contributed by atoms with Gasteiger partial charge in [-0.25, -0.2) is 4.79 Å². The molecule has 1 amide bonds. The van der Waals surface area contributed by atoms with Crippen LogP contribution in [0.2, 0.25) is 0 Å². The molecule has 116 valence electrons. The van der Waals surface area contributed by atoms with Crippen molar-refractivity contribution < 1.29 is 14.7 Å². The van der Waals surface area contributed by atoms with Crippen LogP contribution in [0, 0.1) is 5.92 Å². The normalized spacial score (nSPS) is 13.4. The minimum Gasteiger partial charge on any atom is -0.480 e. The second kappa shape index (κ2) is 6.93. The number of amides is 1. The fourth-order valence-electron chi connectivity index (χ4n) is 2.22. The average Bonchev–Trinajstić information content (AvgIpc) is 3.06. The molecule has 0 aliphatic carbocycles. The monoisotopic (exact) mass is 300 g/mol. The molecule has 0 fully saturated rings. The summed E-state index contributed by atoms with van der Waals surface area (Å²) in [6, 6.07) is 10.0. The number of carbonyl (C=O) groups excluding carboxylic acids is 1. The SMILES string of the molecule is CC[C@H](C)[C@H](NC(=O)c1cccc(-n2cccc2)c1)C(=O)O. The molecule has 0 unspecified atom stereocenters. The molecule has 2 rings (SSSR count). The Morgan fingerprint density at radius 2 is 1.91 bits per heavy atom. The smallest absolute Gasteiger partial charge is 0.326 e. The van der Waals surface area contributed by atoms with Crippen LogP contribution in [0.4, 0.5) is 0 Å².